The van der Waals surface area contributed by atoms with Crippen LogP contribution in [0.15, 0.2) is 36.4 Å². The zero-order valence-electron chi connectivity index (χ0n) is 10.8. The molecule has 0 radical (unpaired) electrons. The van der Waals surface area contributed by atoms with Crippen molar-refractivity contribution in [3.8, 4) is 0 Å². The molecule has 96 valence electrons. The highest BCUT2D eigenvalue weighted by molar-refractivity contribution is 7.12. The van der Waals surface area contributed by atoms with E-state index in [4.69, 9.17) is 0 Å². The van der Waals surface area contributed by atoms with E-state index in [0.29, 0.717) is 0 Å². The SMILES string of the molecule is Cc1cc(C(CO)NCc2ccccc2)c(C)s1. The minimum atomic E-state index is 0.0233. The predicted molar refractivity (Wildman–Crippen MR) is 76.9 cm³/mol. The molecule has 1 atom stereocenters. The molecule has 0 aliphatic rings. The van der Waals surface area contributed by atoms with Gasteiger partial charge < -0.3 is 10.4 Å². The van der Waals surface area contributed by atoms with E-state index in [1.165, 1.54) is 20.9 Å². The molecule has 3 heteroatoms. The van der Waals surface area contributed by atoms with Crippen LogP contribution in [0.3, 0.4) is 0 Å². The van der Waals surface area contributed by atoms with E-state index < -0.39 is 0 Å². The van der Waals surface area contributed by atoms with Gasteiger partial charge in [0.2, 0.25) is 0 Å². The lowest BCUT2D eigenvalue weighted by atomic mass is 10.1. The molecule has 1 heterocycles. The van der Waals surface area contributed by atoms with Crippen molar-refractivity contribution in [2.24, 2.45) is 0 Å². The third kappa shape index (κ3) is 3.19. The van der Waals surface area contributed by atoms with Crippen molar-refractivity contribution in [1.29, 1.82) is 0 Å². The van der Waals surface area contributed by atoms with E-state index in [-0.39, 0.29) is 12.6 Å². The first-order valence-electron chi connectivity index (χ1n) is 6.16. The maximum atomic E-state index is 9.53. The van der Waals surface area contributed by atoms with Crippen LogP contribution < -0.4 is 5.32 Å². The highest BCUT2D eigenvalue weighted by Gasteiger charge is 2.14. The van der Waals surface area contributed by atoms with Gasteiger partial charge in [-0.3, -0.25) is 0 Å². The van der Waals surface area contributed by atoms with Gasteiger partial charge in [-0.25, -0.2) is 0 Å². The van der Waals surface area contributed by atoms with Crippen LogP contribution in [0.4, 0.5) is 0 Å². The first-order valence-corrected chi connectivity index (χ1v) is 6.97. The Bertz CT molecular complexity index is 492. The van der Waals surface area contributed by atoms with Gasteiger partial charge in [-0.15, -0.1) is 11.3 Å². The quantitative estimate of drug-likeness (QED) is 0.866. The van der Waals surface area contributed by atoms with Gasteiger partial charge in [0.15, 0.2) is 0 Å². The zero-order chi connectivity index (χ0) is 13.0. The molecule has 18 heavy (non-hydrogen) atoms. The summed E-state index contributed by atoms with van der Waals surface area (Å²) in [6, 6.07) is 12.4. The van der Waals surface area contributed by atoms with E-state index >= 15 is 0 Å². The molecule has 1 unspecified atom stereocenters. The molecule has 1 aromatic carbocycles. The summed E-state index contributed by atoms with van der Waals surface area (Å²) in [5, 5.41) is 12.9. The van der Waals surface area contributed by atoms with Crippen LogP contribution in [0.1, 0.15) is 26.9 Å². The Hall–Kier alpha value is -1.16. The average molecular weight is 261 g/mol. The second-order valence-electron chi connectivity index (χ2n) is 4.47. The van der Waals surface area contributed by atoms with E-state index in [1.54, 1.807) is 11.3 Å². The average Bonchev–Trinajstić information content (AvgIpc) is 2.71. The summed E-state index contributed by atoms with van der Waals surface area (Å²) >= 11 is 1.78. The third-order valence-corrected chi connectivity index (χ3v) is 4.01. The standard InChI is InChI=1S/C15H19NOS/c1-11-8-14(12(2)18-11)15(10-17)16-9-13-6-4-3-5-7-13/h3-8,15-17H,9-10H2,1-2H3. The van der Waals surface area contributed by atoms with Crippen molar-refractivity contribution in [2.75, 3.05) is 6.61 Å². The first kappa shape index (κ1) is 13.3. The lowest BCUT2D eigenvalue weighted by molar-refractivity contribution is 0.243. The van der Waals surface area contributed by atoms with Crippen LogP contribution in [-0.2, 0) is 6.54 Å². The Morgan fingerprint density at radius 3 is 2.50 bits per heavy atom. The Morgan fingerprint density at radius 1 is 1.22 bits per heavy atom. The number of benzene rings is 1. The molecular weight excluding hydrogens is 242 g/mol. The van der Waals surface area contributed by atoms with Crippen LogP contribution in [0, 0.1) is 13.8 Å². The second-order valence-corrected chi connectivity index (χ2v) is 5.93. The van der Waals surface area contributed by atoms with E-state index in [9.17, 15) is 5.11 Å². The fourth-order valence-electron chi connectivity index (χ4n) is 2.11. The summed E-state index contributed by atoms with van der Waals surface area (Å²) in [6.45, 7) is 5.12. The summed E-state index contributed by atoms with van der Waals surface area (Å²) in [7, 11) is 0. The number of aliphatic hydroxyl groups excluding tert-OH is 1. The zero-order valence-corrected chi connectivity index (χ0v) is 11.6. The molecule has 2 aromatic rings. The van der Waals surface area contributed by atoms with Gasteiger partial charge in [0.1, 0.15) is 0 Å². The number of aliphatic hydroxyl groups is 1. The predicted octanol–water partition coefficient (Wildman–Crippen LogP) is 3.19. The van der Waals surface area contributed by atoms with Crippen LogP contribution in [0.25, 0.3) is 0 Å². The summed E-state index contributed by atoms with van der Waals surface area (Å²) in [5.74, 6) is 0. The number of aryl methyl sites for hydroxylation is 2. The molecule has 0 fully saturated rings. The van der Waals surface area contributed by atoms with Gasteiger partial charge in [0.25, 0.3) is 0 Å². The topological polar surface area (TPSA) is 32.3 Å². The molecule has 2 N–H and O–H groups in total. The van der Waals surface area contributed by atoms with Crippen molar-refractivity contribution in [3.63, 3.8) is 0 Å². The Morgan fingerprint density at radius 2 is 1.94 bits per heavy atom. The van der Waals surface area contributed by atoms with Crippen molar-refractivity contribution in [1.82, 2.24) is 5.32 Å². The van der Waals surface area contributed by atoms with Gasteiger partial charge in [0, 0.05) is 16.3 Å². The molecule has 0 saturated heterocycles. The van der Waals surface area contributed by atoms with Crippen molar-refractivity contribution in [2.45, 2.75) is 26.4 Å². The van der Waals surface area contributed by atoms with Gasteiger partial charge >= 0.3 is 0 Å². The number of hydrogen-bond donors (Lipinski definition) is 2. The maximum Gasteiger partial charge on any atom is 0.0627 e. The molecule has 0 aliphatic carbocycles. The summed E-state index contributed by atoms with van der Waals surface area (Å²) in [4.78, 5) is 2.58. The summed E-state index contributed by atoms with van der Waals surface area (Å²) in [5.41, 5.74) is 2.46. The lowest BCUT2D eigenvalue weighted by Gasteiger charge is -2.16. The van der Waals surface area contributed by atoms with Gasteiger partial charge in [-0.2, -0.15) is 0 Å². The van der Waals surface area contributed by atoms with E-state index in [0.717, 1.165) is 6.54 Å². The largest absolute Gasteiger partial charge is 0.394 e. The number of rotatable bonds is 5. The van der Waals surface area contributed by atoms with Gasteiger partial charge in [0.05, 0.1) is 12.6 Å². The molecule has 0 bridgehead atoms. The number of nitrogens with one attached hydrogen (secondary N) is 1. The van der Waals surface area contributed by atoms with E-state index in [2.05, 4.69) is 37.4 Å². The number of hydrogen-bond acceptors (Lipinski definition) is 3. The lowest BCUT2D eigenvalue weighted by Crippen LogP contribution is -2.24. The molecule has 0 aliphatic heterocycles. The molecule has 1 aromatic heterocycles. The molecule has 2 nitrogen and oxygen atoms in total. The fraction of sp³-hybridized carbons (Fsp3) is 0.333. The molecule has 0 saturated carbocycles. The van der Waals surface area contributed by atoms with E-state index in [1.807, 2.05) is 18.2 Å². The van der Waals surface area contributed by atoms with Crippen molar-refractivity contribution < 1.29 is 5.11 Å². The highest BCUT2D eigenvalue weighted by Crippen LogP contribution is 2.26. The normalized spacial score (nSPS) is 12.6. The van der Waals surface area contributed by atoms with Crippen molar-refractivity contribution in [3.05, 3.63) is 57.3 Å². The summed E-state index contributed by atoms with van der Waals surface area (Å²) < 4.78 is 0. The Balaban J connectivity index is 2.04. The summed E-state index contributed by atoms with van der Waals surface area (Å²) in [6.07, 6.45) is 0. The van der Waals surface area contributed by atoms with Crippen LogP contribution >= 0.6 is 11.3 Å². The smallest absolute Gasteiger partial charge is 0.0627 e. The minimum absolute atomic E-state index is 0.0233. The Kier molecular flexibility index (Phi) is 4.53. The molecule has 0 spiro atoms. The second kappa shape index (κ2) is 6.14. The van der Waals surface area contributed by atoms with Gasteiger partial charge in [-0.1, -0.05) is 30.3 Å². The highest BCUT2D eigenvalue weighted by atomic mass is 32.1. The first-order chi connectivity index (χ1) is 8.70. The third-order valence-electron chi connectivity index (χ3n) is 3.03. The minimum Gasteiger partial charge on any atom is -0.394 e. The molecule has 2 rings (SSSR count). The molecule has 0 amide bonds. The molecular formula is C15H19NOS. The Labute approximate surface area is 112 Å². The fourth-order valence-corrected chi connectivity index (χ4v) is 3.09. The van der Waals surface area contributed by atoms with Crippen LogP contribution in [0.2, 0.25) is 0 Å². The number of thiophene rings is 1. The maximum absolute atomic E-state index is 9.53. The van der Waals surface area contributed by atoms with Crippen molar-refractivity contribution >= 4 is 11.3 Å². The van der Waals surface area contributed by atoms with Crippen LogP contribution in [0.5, 0.6) is 0 Å². The monoisotopic (exact) mass is 261 g/mol. The van der Waals surface area contributed by atoms with Gasteiger partial charge in [-0.05, 0) is 31.0 Å². The van der Waals surface area contributed by atoms with Crippen LogP contribution in [-0.4, -0.2) is 11.7 Å².